The van der Waals surface area contributed by atoms with Crippen molar-refractivity contribution < 1.29 is 14.3 Å². The minimum atomic E-state index is -0.284. The van der Waals surface area contributed by atoms with Gasteiger partial charge < -0.3 is 9.47 Å². The van der Waals surface area contributed by atoms with Gasteiger partial charge in [0, 0.05) is 5.57 Å². The van der Waals surface area contributed by atoms with Gasteiger partial charge in [-0.1, -0.05) is 30.4 Å². The van der Waals surface area contributed by atoms with Crippen molar-refractivity contribution in [1.29, 1.82) is 0 Å². The second kappa shape index (κ2) is 7.33. The highest BCUT2D eigenvalue weighted by Crippen LogP contribution is 2.13. The summed E-state index contributed by atoms with van der Waals surface area (Å²) in [6, 6.07) is 7.69. The van der Waals surface area contributed by atoms with Crippen LogP contribution in [0.5, 0.6) is 5.75 Å². The molecule has 0 saturated carbocycles. The molecule has 0 aromatic heterocycles. The quantitative estimate of drug-likeness (QED) is 0.454. The van der Waals surface area contributed by atoms with Crippen LogP contribution in [0.1, 0.15) is 19.4 Å². The van der Waals surface area contributed by atoms with E-state index in [2.05, 4.69) is 0 Å². The van der Waals surface area contributed by atoms with E-state index in [1.54, 1.807) is 27.0 Å². The molecule has 0 fully saturated rings. The van der Waals surface area contributed by atoms with E-state index >= 15 is 0 Å². The van der Waals surface area contributed by atoms with E-state index in [1.807, 2.05) is 36.4 Å². The lowest BCUT2D eigenvalue weighted by molar-refractivity contribution is -0.138. The first kappa shape index (κ1) is 14.0. The fourth-order valence-electron chi connectivity index (χ4n) is 1.36. The first-order chi connectivity index (χ1) is 8.67. The molecule has 1 aromatic rings. The molecule has 96 valence electrons. The molecule has 0 saturated heterocycles. The summed E-state index contributed by atoms with van der Waals surface area (Å²) in [7, 11) is 1.63. The maximum absolute atomic E-state index is 11.3. The lowest BCUT2D eigenvalue weighted by Gasteiger charge is -2.00. The summed E-state index contributed by atoms with van der Waals surface area (Å²) in [5.74, 6) is 0.524. The number of hydrogen-bond donors (Lipinski definition) is 0. The lowest BCUT2D eigenvalue weighted by Crippen LogP contribution is -2.04. The van der Waals surface area contributed by atoms with Crippen molar-refractivity contribution in [3.63, 3.8) is 0 Å². The average Bonchev–Trinajstić information content (AvgIpc) is 2.39. The molecule has 0 aliphatic carbocycles. The van der Waals surface area contributed by atoms with Gasteiger partial charge in [-0.15, -0.1) is 0 Å². The first-order valence-corrected chi connectivity index (χ1v) is 5.83. The first-order valence-electron chi connectivity index (χ1n) is 5.83. The second-order valence-electron chi connectivity index (χ2n) is 3.71. The van der Waals surface area contributed by atoms with Crippen molar-refractivity contribution in [2.45, 2.75) is 13.8 Å². The van der Waals surface area contributed by atoms with Crippen molar-refractivity contribution in [2.24, 2.45) is 0 Å². The SMILES string of the molecule is CCOC(=O)C(C)=CC=Cc1cccc(OC)c1. The molecule has 18 heavy (non-hydrogen) atoms. The fourth-order valence-corrected chi connectivity index (χ4v) is 1.36. The van der Waals surface area contributed by atoms with Gasteiger partial charge in [0.25, 0.3) is 0 Å². The summed E-state index contributed by atoms with van der Waals surface area (Å²) in [5, 5.41) is 0. The maximum atomic E-state index is 11.3. The Balaban J connectivity index is 2.69. The van der Waals surface area contributed by atoms with E-state index in [-0.39, 0.29) is 5.97 Å². The molecular formula is C15H18O3. The molecule has 0 unspecified atom stereocenters. The molecule has 3 heteroatoms. The Morgan fingerprint density at radius 1 is 1.39 bits per heavy atom. The topological polar surface area (TPSA) is 35.5 Å². The van der Waals surface area contributed by atoms with Crippen LogP contribution >= 0.6 is 0 Å². The highest BCUT2D eigenvalue weighted by molar-refractivity contribution is 5.88. The summed E-state index contributed by atoms with van der Waals surface area (Å²) in [6.45, 7) is 3.91. The summed E-state index contributed by atoms with van der Waals surface area (Å²) in [6.07, 6.45) is 5.46. The number of ether oxygens (including phenoxy) is 2. The van der Waals surface area contributed by atoms with Gasteiger partial charge >= 0.3 is 5.97 Å². The van der Waals surface area contributed by atoms with Crippen molar-refractivity contribution >= 4 is 12.0 Å². The molecule has 3 nitrogen and oxygen atoms in total. The molecule has 1 aromatic carbocycles. The molecule has 0 N–H and O–H groups in total. The number of hydrogen-bond acceptors (Lipinski definition) is 3. The third-order valence-corrected chi connectivity index (χ3v) is 2.33. The van der Waals surface area contributed by atoms with Crippen molar-refractivity contribution in [1.82, 2.24) is 0 Å². The zero-order valence-electron chi connectivity index (χ0n) is 11.0. The molecular weight excluding hydrogens is 228 g/mol. The molecule has 0 heterocycles. The minimum Gasteiger partial charge on any atom is -0.497 e. The minimum absolute atomic E-state index is 0.284. The standard InChI is InChI=1S/C15H18O3/c1-4-18-15(16)12(2)7-5-8-13-9-6-10-14(11-13)17-3/h5-11H,4H2,1-3H3. The van der Waals surface area contributed by atoms with E-state index < -0.39 is 0 Å². The van der Waals surface area contributed by atoms with E-state index in [0.717, 1.165) is 11.3 Å². The molecule has 0 spiro atoms. The summed E-state index contributed by atoms with van der Waals surface area (Å²) in [4.78, 5) is 11.3. The van der Waals surface area contributed by atoms with E-state index in [1.165, 1.54) is 0 Å². The smallest absolute Gasteiger partial charge is 0.333 e. The molecule has 1 rings (SSSR count). The normalized spacial score (nSPS) is 11.6. The Hall–Kier alpha value is -2.03. The zero-order valence-corrected chi connectivity index (χ0v) is 11.0. The predicted molar refractivity (Wildman–Crippen MR) is 72.4 cm³/mol. The maximum Gasteiger partial charge on any atom is 0.333 e. The average molecular weight is 246 g/mol. The summed E-state index contributed by atoms with van der Waals surface area (Å²) < 4.78 is 10.0. The Kier molecular flexibility index (Phi) is 5.71. The number of rotatable bonds is 5. The van der Waals surface area contributed by atoms with Crippen LogP contribution < -0.4 is 4.74 Å². The van der Waals surface area contributed by atoms with Crippen LogP contribution in [0.2, 0.25) is 0 Å². The Labute approximate surface area is 108 Å². The van der Waals surface area contributed by atoms with Crippen LogP contribution in [0.3, 0.4) is 0 Å². The summed E-state index contributed by atoms with van der Waals surface area (Å²) in [5.41, 5.74) is 1.60. The molecule has 0 aliphatic heterocycles. The van der Waals surface area contributed by atoms with Gasteiger partial charge in [0.05, 0.1) is 13.7 Å². The van der Waals surface area contributed by atoms with Crippen LogP contribution in [-0.4, -0.2) is 19.7 Å². The van der Waals surface area contributed by atoms with Gasteiger partial charge in [-0.2, -0.15) is 0 Å². The molecule has 0 aliphatic rings. The predicted octanol–water partition coefficient (Wildman–Crippen LogP) is 3.22. The third-order valence-electron chi connectivity index (χ3n) is 2.33. The van der Waals surface area contributed by atoms with Gasteiger partial charge in [0.15, 0.2) is 0 Å². The highest BCUT2D eigenvalue weighted by Gasteiger charge is 2.01. The van der Waals surface area contributed by atoms with E-state index in [4.69, 9.17) is 9.47 Å². The van der Waals surface area contributed by atoms with Gasteiger partial charge in [-0.05, 0) is 31.5 Å². The number of carbonyl (C=O) groups excluding carboxylic acids is 1. The zero-order chi connectivity index (χ0) is 13.4. The number of methoxy groups -OCH3 is 1. The number of esters is 1. The fraction of sp³-hybridized carbons (Fsp3) is 0.267. The van der Waals surface area contributed by atoms with Gasteiger partial charge in [-0.25, -0.2) is 4.79 Å². The van der Waals surface area contributed by atoms with Crippen LogP contribution in [0.15, 0.2) is 42.0 Å². The molecule has 0 atom stereocenters. The van der Waals surface area contributed by atoms with E-state index in [9.17, 15) is 4.79 Å². The molecule has 0 bridgehead atoms. The third kappa shape index (κ3) is 4.45. The van der Waals surface area contributed by atoms with Gasteiger partial charge in [0.1, 0.15) is 5.75 Å². The lowest BCUT2D eigenvalue weighted by atomic mass is 10.2. The van der Waals surface area contributed by atoms with Crippen molar-refractivity contribution in [3.8, 4) is 5.75 Å². The monoisotopic (exact) mass is 246 g/mol. The van der Waals surface area contributed by atoms with Crippen LogP contribution in [-0.2, 0) is 9.53 Å². The number of allylic oxidation sites excluding steroid dienone is 2. The Morgan fingerprint density at radius 3 is 2.83 bits per heavy atom. The van der Waals surface area contributed by atoms with Crippen LogP contribution in [0, 0.1) is 0 Å². The molecule has 0 radical (unpaired) electrons. The van der Waals surface area contributed by atoms with E-state index in [0.29, 0.717) is 12.2 Å². The van der Waals surface area contributed by atoms with Crippen molar-refractivity contribution in [2.75, 3.05) is 13.7 Å². The van der Waals surface area contributed by atoms with Crippen LogP contribution in [0.4, 0.5) is 0 Å². The summed E-state index contributed by atoms with van der Waals surface area (Å²) >= 11 is 0. The van der Waals surface area contributed by atoms with Crippen molar-refractivity contribution in [3.05, 3.63) is 47.6 Å². The van der Waals surface area contributed by atoms with Crippen LogP contribution in [0.25, 0.3) is 6.08 Å². The Bertz CT molecular complexity index is 459. The largest absolute Gasteiger partial charge is 0.497 e. The highest BCUT2D eigenvalue weighted by atomic mass is 16.5. The van der Waals surface area contributed by atoms with Gasteiger partial charge in [0.2, 0.25) is 0 Å². The molecule has 0 amide bonds. The number of benzene rings is 1. The Morgan fingerprint density at radius 2 is 2.17 bits per heavy atom. The number of carbonyl (C=O) groups is 1. The second-order valence-corrected chi connectivity index (χ2v) is 3.71. The van der Waals surface area contributed by atoms with Gasteiger partial charge in [-0.3, -0.25) is 0 Å².